The van der Waals surface area contributed by atoms with Crippen molar-refractivity contribution in [3.8, 4) is 5.75 Å². The molecule has 176 valence electrons. The Morgan fingerprint density at radius 2 is 1.79 bits per heavy atom. The molecular formula is C21H23N3O8S. The molecule has 33 heavy (non-hydrogen) atoms. The number of sulfonamides is 1. The second-order valence-electron chi connectivity index (χ2n) is 7.63. The van der Waals surface area contributed by atoms with Crippen molar-refractivity contribution < 1.29 is 32.8 Å². The molecule has 0 spiro atoms. The van der Waals surface area contributed by atoms with Crippen LogP contribution in [0.25, 0.3) is 0 Å². The molecule has 0 saturated carbocycles. The summed E-state index contributed by atoms with van der Waals surface area (Å²) in [5.74, 6) is -2.46. The molecule has 2 aromatic rings. The third kappa shape index (κ3) is 5.29. The number of ether oxygens (including phenoxy) is 1. The molecule has 2 N–H and O–H groups in total. The average molecular weight is 477 g/mol. The van der Waals surface area contributed by atoms with Gasteiger partial charge in [-0.05, 0) is 62.1 Å². The lowest BCUT2D eigenvalue weighted by Gasteiger charge is -2.16. The molecule has 1 aliphatic rings. The highest BCUT2D eigenvalue weighted by Gasteiger charge is 2.29. The zero-order chi connectivity index (χ0) is 24.3. The summed E-state index contributed by atoms with van der Waals surface area (Å²) in [6.07, 6.45) is 1.47. The Labute approximate surface area is 190 Å². The third-order valence-corrected chi connectivity index (χ3v) is 7.20. The molecule has 0 atom stereocenters. The van der Waals surface area contributed by atoms with E-state index in [0.717, 1.165) is 25.0 Å². The lowest BCUT2D eigenvalue weighted by Crippen LogP contribution is -2.28. The Morgan fingerprint density at radius 1 is 1.15 bits per heavy atom. The molecular weight excluding hydrogens is 454 g/mol. The van der Waals surface area contributed by atoms with E-state index in [0.29, 0.717) is 24.2 Å². The summed E-state index contributed by atoms with van der Waals surface area (Å²) in [6, 6.07) is 6.01. The van der Waals surface area contributed by atoms with Crippen molar-refractivity contribution in [2.45, 2.75) is 31.6 Å². The summed E-state index contributed by atoms with van der Waals surface area (Å²) in [4.78, 5) is 35.1. The molecule has 1 saturated heterocycles. The highest BCUT2D eigenvalue weighted by atomic mass is 32.2. The van der Waals surface area contributed by atoms with Crippen molar-refractivity contribution in [1.82, 2.24) is 4.31 Å². The van der Waals surface area contributed by atoms with Crippen molar-refractivity contribution >= 4 is 33.3 Å². The Balaban J connectivity index is 1.72. The summed E-state index contributed by atoms with van der Waals surface area (Å²) in [6.45, 7) is 3.36. The first-order chi connectivity index (χ1) is 15.5. The molecule has 0 aromatic heterocycles. The molecule has 11 nitrogen and oxygen atoms in total. The lowest BCUT2D eigenvalue weighted by molar-refractivity contribution is -0.384. The number of hydrogen-bond acceptors (Lipinski definition) is 8. The maximum atomic E-state index is 12.7. The number of carbonyl (C=O) groups excluding carboxylic acids is 2. The van der Waals surface area contributed by atoms with Crippen LogP contribution >= 0.6 is 0 Å². The predicted molar refractivity (Wildman–Crippen MR) is 118 cm³/mol. The van der Waals surface area contributed by atoms with Gasteiger partial charge in [-0.2, -0.15) is 4.31 Å². The van der Waals surface area contributed by atoms with E-state index in [1.807, 2.05) is 0 Å². The van der Waals surface area contributed by atoms with Crippen LogP contribution in [0, 0.1) is 24.0 Å². The average Bonchev–Trinajstić information content (AvgIpc) is 3.30. The quantitative estimate of drug-likeness (QED) is 0.350. The molecule has 2 aromatic carbocycles. The van der Waals surface area contributed by atoms with Crippen molar-refractivity contribution in [3.63, 3.8) is 0 Å². The maximum Gasteiger partial charge on any atom is 0.342 e. The van der Waals surface area contributed by atoms with Crippen LogP contribution in [0.4, 0.5) is 11.4 Å². The molecule has 1 aliphatic heterocycles. The maximum absolute atomic E-state index is 12.7. The van der Waals surface area contributed by atoms with Gasteiger partial charge in [0.25, 0.3) is 11.6 Å². The number of amides is 1. The highest BCUT2D eigenvalue weighted by Crippen LogP contribution is 2.28. The number of benzene rings is 2. The van der Waals surface area contributed by atoms with Gasteiger partial charge >= 0.3 is 5.97 Å². The van der Waals surface area contributed by atoms with Crippen LogP contribution in [0.15, 0.2) is 35.2 Å². The standard InChI is InChI=1S/C21H23N3O8S/c1-13-9-17(18(24(28)29)10-14(13)2)22-20(26)12-32-21(27)16-11-15(5-6-19(16)25)33(30,31)23-7-3-4-8-23/h5-6,9-11,25H,3-4,7-8,12H2,1-2H3,(H,22,26). The summed E-state index contributed by atoms with van der Waals surface area (Å²) < 4.78 is 31.6. The van der Waals surface area contributed by atoms with Crippen LogP contribution in [-0.4, -0.2) is 54.3 Å². The van der Waals surface area contributed by atoms with E-state index in [-0.39, 0.29) is 16.3 Å². The van der Waals surface area contributed by atoms with E-state index < -0.39 is 44.7 Å². The van der Waals surface area contributed by atoms with Gasteiger partial charge in [-0.15, -0.1) is 0 Å². The second kappa shape index (κ2) is 9.55. The van der Waals surface area contributed by atoms with Crippen molar-refractivity contribution in [3.05, 3.63) is 57.1 Å². The summed E-state index contributed by atoms with van der Waals surface area (Å²) in [5.41, 5.74) is 0.611. The number of phenolic OH excluding ortho intramolecular Hbond substituents is 1. The number of carbonyl (C=O) groups is 2. The van der Waals surface area contributed by atoms with Gasteiger partial charge < -0.3 is 15.2 Å². The van der Waals surface area contributed by atoms with Crippen LogP contribution < -0.4 is 5.32 Å². The number of nitrogens with one attached hydrogen (secondary N) is 1. The summed E-state index contributed by atoms with van der Waals surface area (Å²) >= 11 is 0. The number of hydrogen-bond donors (Lipinski definition) is 2. The van der Waals surface area contributed by atoms with E-state index in [4.69, 9.17) is 4.74 Å². The first-order valence-electron chi connectivity index (χ1n) is 10.1. The number of phenols is 1. The second-order valence-corrected chi connectivity index (χ2v) is 9.56. The fourth-order valence-electron chi connectivity index (χ4n) is 3.36. The van der Waals surface area contributed by atoms with Gasteiger partial charge in [0.2, 0.25) is 10.0 Å². The van der Waals surface area contributed by atoms with E-state index >= 15 is 0 Å². The van der Waals surface area contributed by atoms with Crippen molar-refractivity contribution in [1.29, 1.82) is 0 Å². The van der Waals surface area contributed by atoms with Gasteiger partial charge in [0, 0.05) is 19.2 Å². The van der Waals surface area contributed by atoms with Gasteiger partial charge in [0.05, 0.1) is 9.82 Å². The molecule has 12 heteroatoms. The zero-order valence-corrected chi connectivity index (χ0v) is 18.8. The van der Waals surface area contributed by atoms with Crippen LogP contribution in [0.2, 0.25) is 0 Å². The third-order valence-electron chi connectivity index (χ3n) is 5.31. The summed E-state index contributed by atoms with van der Waals surface area (Å²) in [5, 5.41) is 23.6. The minimum Gasteiger partial charge on any atom is -0.507 e. The Bertz CT molecular complexity index is 1220. The van der Waals surface area contributed by atoms with Gasteiger partial charge in [-0.3, -0.25) is 14.9 Å². The number of nitro groups is 1. The molecule has 0 radical (unpaired) electrons. The van der Waals surface area contributed by atoms with E-state index in [1.54, 1.807) is 13.8 Å². The fourth-order valence-corrected chi connectivity index (χ4v) is 4.91. The number of nitro benzene ring substituents is 1. The number of esters is 1. The lowest BCUT2D eigenvalue weighted by atomic mass is 10.1. The zero-order valence-electron chi connectivity index (χ0n) is 18.0. The number of nitrogens with zero attached hydrogens (tertiary/aromatic N) is 2. The SMILES string of the molecule is Cc1cc(NC(=O)COC(=O)c2cc(S(=O)(=O)N3CCCC3)ccc2O)c([N+](=O)[O-])cc1C. The smallest absolute Gasteiger partial charge is 0.342 e. The van der Waals surface area contributed by atoms with Crippen LogP contribution in [0.3, 0.4) is 0 Å². The van der Waals surface area contributed by atoms with Crippen LogP contribution in [-0.2, 0) is 19.6 Å². The van der Waals surface area contributed by atoms with Gasteiger partial charge in [-0.1, -0.05) is 0 Å². The topological polar surface area (TPSA) is 156 Å². The van der Waals surface area contributed by atoms with E-state index in [1.165, 1.54) is 22.5 Å². The molecule has 0 bridgehead atoms. The van der Waals surface area contributed by atoms with E-state index in [2.05, 4.69) is 5.32 Å². The largest absolute Gasteiger partial charge is 0.507 e. The molecule has 1 amide bonds. The first kappa shape index (κ1) is 24.1. The monoisotopic (exact) mass is 477 g/mol. The minimum absolute atomic E-state index is 0.0503. The van der Waals surface area contributed by atoms with Crippen molar-refractivity contribution in [2.75, 3.05) is 25.0 Å². The minimum atomic E-state index is -3.83. The normalized spacial score (nSPS) is 14.1. The fraction of sp³-hybridized carbons (Fsp3) is 0.333. The van der Waals surface area contributed by atoms with Crippen molar-refractivity contribution in [2.24, 2.45) is 0 Å². The Hall–Kier alpha value is -3.51. The van der Waals surface area contributed by atoms with Crippen LogP contribution in [0.5, 0.6) is 5.75 Å². The van der Waals surface area contributed by atoms with Crippen LogP contribution in [0.1, 0.15) is 34.3 Å². The summed E-state index contributed by atoms with van der Waals surface area (Å²) in [7, 11) is -3.83. The number of aromatic hydroxyl groups is 1. The van der Waals surface area contributed by atoms with E-state index in [9.17, 15) is 33.2 Å². The van der Waals surface area contributed by atoms with Gasteiger partial charge in [0.15, 0.2) is 6.61 Å². The van der Waals surface area contributed by atoms with Gasteiger partial charge in [-0.25, -0.2) is 13.2 Å². The molecule has 1 fully saturated rings. The Morgan fingerprint density at radius 3 is 2.42 bits per heavy atom. The molecule has 1 heterocycles. The number of anilines is 1. The Kier molecular flexibility index (Phi) is 6.98. The van der Waals surface area contributed by atoms with Gasteiger partial charge in [0.1, 0.15) is 17.0 Å². The molecule has 0 aliphatic carbocycles. The first-order valence-corrected chi connectivity index (χ1v) is 11.5. The highest BCUT2D eigenvalue weighted by molar-refractivity contribution is 7.89. The number of rotatable bonds is 7. The molecule has 3 rings (SSSR count). The molecule has 0 unspecified atom stereocenters. The predicted octanol–water partition coefficient (Wildman–Crippen LogP) is 2.50. The number of aryl methyl sites for hydroxylation is 2.